The second-order valence-electron chi connectivity index (χ2n) is 14.1. The highest BCUT2D eigenvalue weighted by molar-refractivity contribution is 5.86. The summed E-state index contributed by atoms with van der Waals surface area (Å²) >= 11 is 0. The molecule has 0 aliphatic heterocycles. The number of allylic oxidation sites excluding steroid dienone is 2. The molecule has 0 saturated heterocycles. The van der Waals surface area contributed by atoms with Crippen LogP contribution in [-0.4, -0.2) is 18.2 Å². The smallest absolute Gasteiger partial charge is 0.316 e. The fourth-order valence-electron chi connectivity index (χ4n) is 6.12. The number of hydrogen-bond donors (Lipinski definition) is 0. The number of esters is 2. The zero-order valence-electron chi connectivity index (χ0n) is 30.4. The largest absolute Gasteiger partial charge is 0.393 e. The van der Waals surface area contributed by atoms with Crippen LogP contribution in [0.4, 0.5) is 0 Å². The van der Waals surface area contributed by atoms with Crippen molar-refractivity contribution in [2.75, 3.05) is 0 Å². The lowest BCUT2D eigenvalue weighted by Crippen LogP contribution is -2.21. The van der Waals surface area contributed by atoms with Crippen LogP contribution < -0.4 is 0 Å². The molecule has 264 valence electrons. The highest BCUT2D eigenvalue weighted by Gasteiger charge is 2.22. The quantitative estimate of drug-likeness (QED) is 0.0229. The third-order valence-corrected chi connectivity index (χ3v) is 9.16. The number of carbonyl (C=O) groups excluding carboxylic acids is 3. The topological polar surface area (TPSA) is 60.4 Å². The summed E-state index contributed by atoms with van der Waals surface area (Å²) in [6.07, 6.45) is 41.4. The average Bonchev–Trinajstić information content (AvgIpc) is 3.02. The molecule has 0 N–H and O–H groups in total. The van der Waals surface area contributed by atoms with E-state index in [1.165, 1.54) is 135 Å². The van der Waals surface area contributed by atoms with Gasteiger partial charge in [0.25, 0.3) is 0 Å². The van der Waals surface area contributed by atoms with E-state index in [-0.39, 0.29) is 5.92 Å². The minimum absolute atomic E-state index is 0.308. The Morgan fingerprint density at radius 1 is 0.511 bits per heavy atom. The van der Waals surface area contributed by atoms with Crippen molar-refractivity contribution in [3.8, 4) is 0 Å². The molecule has 0 heterocycles. The minimum atomic E-state index is -0.422. The first-order valence-electron chi connectivity index (χ1n) is 19.8. The van der Waals surface area contributed by atoms with Gasteiger partial charge in [-0.05, 0) is 50.9 Å². The Hall–Kier alpha value is -1.45. The predicted octanol–water partition coefficient (Wildman–Crippen LogP) is 13.2. The summed E-state index contributed by atoms with van der Waals surface area (Å²) in [6, 6.07) is 0. The van der Waals surface area contributed by atoms with Gasteiger partial charge in [0.2, 0.25) is 0 Å². The zero-order valence-corrected chi connectivity index (χ0v) is 30.4. The molecule has 1 atom stereocenters. The number of unbranched alkanes of at least 4 members (excludes halogenated alkanes) is 23. The van der Waals surface area contributed by atoms with Crippen LogP contribution in [0.5, 0.6) is 0 Å². The Labute approximate surface area is 280 Å². The molecular formula is C41H76O4. The fraction of sp³-hybridized carbons (Fsp3) is 0.878. The van der Waals surface area contributed by atoms with Gasteiger partial charge in [-0.1, -0.05) is 174 Å². The third kappa shape index (κ3) is 33.7. The van der Waals surface area contributed by atoms with Gasteiger partial charge in [0.1, 0.15) is 6.29 Å². The van der Waals surface area contributed by atoms with E-state index in [1.54, 1.807) is 0 Å². The van der Waals surface area contributed by atoms with E-state index in [4.69, 9.17) is 4.74 Å². The molecule has 0 amide bonds. The monoisotopic (exact) mass is 633 g/mol. The molecule has 0 bridgehead atoms. The number of ether oxygens (including phenoxy) is 1. The van der Waals surface area contributed by atoms with E-state index < -0.39 is 11.9 Å². The maximum atomic E-state index is 12.6. The first-order valence-corrected chi connectivity index (χ1v) is 19.8. The van der Waals surface area contributed by atoms with Crippen molar-refractivity contribution in [1.29, 1.82) is 0 Å². The van der Waals surface area contributed by atoms with Crippen LogP contribution in [0.1, 0.15) is 220 Å². The van der Waals surface area contributed by atoms with Crippen molar-refractivity contribution in [2.24, 2.45) is 11.8 Å². The van der Waals surface area contributed by atoms with Gasteiger partial charge in [0.15, 0.2) is 0 Å². The average molecular weight is 633 g/mol. The molecule has 4 heteroatoms. The molecule has 0 saturated carbocycles. The predicted molar refractivity (Wildman–Crippen MR) is 193 cm³/mol. The van der Waals surface area contributed by atoms with Gasteiger partial charge in [-0.25, -0.2) is 0 Å². The molecule has 0 aromatic heterocycles. The second-order valence-corrected chi connectivity index (χ2v) is 14.1. The van der Waals surface area contributed by atoms with Gasteiger partial charge in [-0.2, -0.15) is 0 Å². The molecule has 0 aromatic carbocycles. The summed E-state index contributed by atoms with van der Waals surface area (Å²) in [5.41, 5.74) is 0. The summed E-state index contributed by atoms with van der Waals surface area (Å²) in [5, 5.41) is 0. The van der Waals surface area contributed by atoms with E-state index in [0.717, 1.165) is 50.7 Å². The molecule has 0 aromatic rings. The number of carbonyl (C=O) groups is 3. The third-order valence-electron chi connectivity index (χ3n) is 9.16. The van der Waals surface area contributed by atoms with Crippen LogP contribution in [-0.2, 0) is 19.1 Å². The van der Waals surface area contributed by atoms with Gasteiger partial charge in [0, 0.05) is 12.8 Å². The Bertz CT molecular complexity index is 683. The van der Waals surface area contributed by atoms with E-state index in [1.807, 2.05) is 0 Å². The Balaban J connectivity index is 3.76. The summed E-state index contributed by atoms with van der Waals surface area (Å²) < 4.78 is 5.20. The van der Waals surface area contributed by atoms with Crippen molar-refractivity contribution in [2.45, 2.75) is 220 Å². The second kappa shape index (κ2) is 35.4. The maximum absolute atomic E-state index is 12.6. The number of aldehydes is 1. The first-order chi connectivity index (χ1) is 22.0. The van der Waals surface area contributed by atoms with Crippen LogP contribution in [0.2, 0.25) is 0 Å². The Morgan fingerprint density at radius 2 is 0.933 bits per heavy atom. The van der Waals surface area contributed by atoms with E-state index in [2.05, 4.69) is 32.9 Å². The van der Waals surface area contributed by atoms with Crippen molar-refractivity contribution < 1.29 is 19.1 Å². The van der Waals surface area contributed by atoms with Gasteiger partial charge < -0.3 is 9.53 Å². The molecule has 0 radical (unpaired) electrons. The highest BCUT2D eigenvalue weighted by atomic mass is 16.6. The van der Waals surface area contributed by atoms with Crippen molar-refractivity contribution in [3.63, 3.8) is 0 Å². The van der Waals surface area contributed by atoms with Crippen LogP contribution in [0.25, 0.3) is 0 Å². The Morgan fingerprint density at radius 3 is 1.40 bits per heavy atom. The summed E-state index contributed by atoms with van der Waals surface area (Å²) in [6.45, 7) is 6.89. The summed E-state index contributed by atoms with van der Waals surface area (Å²) in [4.78, 5) is 35.8. The standard InChI is InChI=1S/C41H76O4/c1-4-5-6-7-8-9-10-11-12-16-19-22-25-28-31-36-40(43)45-41(44)39(35-32-37-42)34-30-27-24-21-18-15-13-14-17-20-23-26-29-33-38(2)3/h11-12,37-39H,4-10,13-36H2,1-3H3. The SMILES string of the molecule is CCCCCCCCC=CCCCCCCCC(=O)OC(=O)C(CCC=O)CCCCCCCCCCCCCCCC(C)C. The lowest BCUT2D eigenvalue weighted by atomic mass is 9.95. The Kier molecular flexibility index (Phi) is 34.3. The summed E-state index contributed by atoms with van der Waals surface area (Å²) in [5.74, 6) is -0.314. The maximum Gasteiger partial charge on any atom is 0.316 e. The van der Waals surface area contributed by atoms with Crippen LogP contribution in [0.3, 0.4) is 0 Å². The van der Waals surface area contributed by atoms with E-state index in [9.17, 15) is 14.4 Å². The zero-order chi connectivity index (χ0) is 33.1. The number of hydrogen-bond acceptors (Lipinski definition) is 4. The van der Waals surface area contributed by atoms with Crippen LogP contribution in [0, 0.1) is 11.8 Å². The molecule has 4 nitrogen and oxygen atoms in total. The normalized spacial score (nSPS) is 12.3. The molecule has 0 fully saturated rings. The molecule has 0 rings (SSSR count). The van der Waals surface area contributed by atoms with Crippen molar-refractivity contribution >= 4 is 18.2 Å². The number of rotatable bonds is 35. The van der Waals surface area contributed by atoms with Crippen molar-refractivity contribution in [1.82, 2.24) is 0 Å². The van der Waals surface area contributed by atoms with Gasteiger partial charge >= 0.3 is 11.9 Å². The van der Waals surface area contributed by atoms with E-state index >= 15 is 0 Å². The van der Waals surface area contributed by atoms with Gasteiger partial charge in [-0.15, -0.1) is 0 Å². The van der Waals surface area contributed by atoms with Gasteiger partial charge in [0.05, 0.1) is 5.92 Å². The van der Waals surface area contributed by atoms with E-state index in [0.29, 0.717) is 25.7 Å². The molecule has 1 unspecified atom stereocenters. The molecule has 0 spiro atoms. The lowest BCUT2D eigenvalue weighted by molar-refractivity contribution is -0.163. The fourth-order valence-corrected chi connectivity index (χ4v) is 6.12. The molecule has 0 aliphatic rings. The summed E-state index contributed by atoms with van der Waals surface area (Å²) in [7, 11) is 0. The highest BCUT2D eigenvalue weighted by Crippen LogP contribution is 2.20. The molecular weight excluding hydrogens is 556 g/mol. The van der Waals surface area contributed by atoms with Crippen molar-refractivity contribution in [3.05, 3.63) is 12.2 Å². The first kappa shape index (κ1) is 43.5. The lowest BCUT2D eigenvalue weighted by Gasteiger charge is -2.14. The van der Waals surface area contributed by atoms with Crippen LogP contribution in [0.15, 0.2) is 12.2 Å². The van der Waals surface area contributed by atoms with Gasteiger partial charge in [-0.3, -0.25) is 9.59 Å². The van der Waals surface area contributed by atoms with Crippen LogP contribution >= 0.6 is 0 Å². The minimum Gasteiger partial charge on any atom is -0.393 e. The molecule has 0 aliphatic carbocycles. The molecule has 45 heavy (non-hydrogen) atoms.